The van der Waals surface area contributed by atoms with Gasteiger partial charge in [0.05, 0.1) is 29.4 Å². The summed E-state index contributed by atoms with van der Waals surface area (Å²) in [6.07, 6.45) is -0.116. The maximum absolute atomic E-state index is 14.5. The van der Waals surface area contributed by atoms with Gasteiger partial charge in [-0.3, -0.25) is 4.79 Å². The number of halogens is 2. The number of hydrogen-bond donors (Lipinski definition) is 2. The first kappa shape index (κ1) is 22.8. The molecule has 31 heavy (non-hydrogen) atoms. The molecule has 0 amide bonds. The standard InChI is InChI=1S/C23H23ClFNO5/c1-12(2)16-9-19-17(8-15(16)7-14-5-4-6-18(24)21(14)25)22(28)20(31-23(29)30)10-26(19)13(3)11-27/h4-6,8-10,12-13,27H,7,11H2,1-3H3,(H,29,30)/t13-/m0/s1. The molecule has 0 radical (unpaired) electrons. The van der Waals surface area contributed by atoms with Gasteiger partial charge in [-0.25, -0.2) is 9.18 Å². The Morgan fingerprint density at radius 1 is 1.23 bits per heavy atom. The van der Waals surface area contributed by atoms with Crippen molar-refractivity contribution in [2.45, 2.75) is 39.2 Å². The van der Waals surface area contributed by atoms with Crippen molar-refractivity contribution in [2.24, 2.45) is 0 Å². The van der Waals surface area contributed by atoms with Crippen molar-refractivity contribution in [2.75, 3.05) is 6.61 Å². The Labute approximate surface area is 183 Å². The number of benzene rings is 2. The molecule has 1 atom stereocenters. The summed E-state index contributed by atoms with van der Waals surface area (Å²) in [7, 11) is 0. The monoisotopic (exact) mass is 447 g/mol. The first-order valence-electron chi connectivity index (χ1n) is 9.80. The number of aromatic nitrogens is 1. The van der Waals surface area contributed by atoms with Gasteiger partial charge >= 0.3 is 6.16 Å². The molecule has 0 unspecified atom stereocenters. The van der Waals surface area contributed by atoms with Crippen LogP contribution in [-0.2, 0) is 6.42 Å². The lowest BCUT2D eigenvalue weighted by atomic mass is 9.91. The van der Waals surface area contributed by atoms with Gasteiger partial charge in [-0.15, -0.1) is 0 Å². The normalized spacial score (nSPS) is 12.4. The van der Waals surface area contributed by atoms with E-state index in [2.05, 4.69) is 4.74 Å². The van der Waals surface area contributed by atoms with Crippen LogP contribution >= 0.6 is 11.6 Å². The minimum atomic E-state index is -1.61. The number of aliphatic hydroxyl groups is 1. The smallest absolute Gasteiger partial charge is 0.449 e. The minimum Gasteiger partial charge on any atom is -0.449 e. The van der Waals surface area contributed by atoms with E-state index in [-0.39, 0.29) is 35.1 Å². The van der Waals surface area contributed by atoms with E-state index in [0.29, 0.717) is 11.1 Å². The molecule has 0 bridgehead atoms. The van der Waals surface area contributed by atoms with Crippen molar-refractivity contribution in [3.8, 4) is 5.75 Å². The molecule has 0 fully saturated rings. The first-order chi connectivity index (χ1) is 14.6. The molecule has 164 valence electrons. The van der Waals surface area contributed by atoms with E-state index in [0.717, 1.165) is 11.1 Å². The van der Waals surface area contributed by atoms with Gasteiger partial charge in [-0.2, -0.15) is 0 Å². The predicted molar refractivity (Wildman–Crippen MR) is 117 cm³/mol. The molecule has 1 aromatic heterocycles. The Morgan fingerprint density at radius 2 is 1.94 bits per heavy atom. The minimum absolute atomic E-state index is 0.0145. The fourth-order valence-electron chi connectivity index (χ4n) is 3.63. The summed E-state index contributed by atoms with van der Waals surface area (Å²) in [4.78, 5) is 24.0. The first-order valence-corrected chi connectivity index (χ1v) is 10.2. The summed E-state index contributed by atoms with van der Waals surface area (Å²) in [5.41, 5.74) is 1.94. The number of rotatable bonds is 6. The van der Waals surface area contributed by atoms with Crippen LogP contribution in [0.2, 0.25) is 5.02 Å². The molecule has 2 N–H and O–H groups in total. The molecule has 0 aliphatic heterocycles. The lowest BCUT2D eigenvalue weighted by molar-refractivity contribution is 0.143. The summed E-state index contributed by atoms with van der Waals surface area (Å²) in [6.45, 7) is 5.48. The van der Waals surface area contributed by atoms with Crippen LogP contribution in [0, 0.1) is 5.82 Å². The molecule has 3 aromatic rings. The van der Waals surface area contributed by atoms with E-state index in [1.54, 1.807) is 29.7 Å². The van der Waals surface area contributed by atoms with Crippen LogP contribution in [-0.4, -0.2) is 27.5 Å². The average molecular weight is 448 g/mol. The highest BCUT2D eigenvalue weighted by Gasteiger charge is 2.20. The molecule has 6 nitrogen and oxygen atoms in total. The molecular weight excluding hydrogens is 425 g/mol. The van der Waals surface area contributed by atoms with Gasteiger partial charge in [0.1, 0.15) is 5.82 Å². The Kier molecular flexibility index (Phi) is 6.67. The van der Waals surface area contributed by atoms with E-state index < -0.39 is 23.4 Å². The van der Waals surface area contributed by atoms with Crippen LogP contribution in [0.5, 0.6) is 5.75 Å². The number of fused-ring (bicyclic) bond motifs is 1. The maximum Gasteiger partial charge on any atom is 0.511 e. The molecule has 0 aliphatic carbocycles. The van der Waals surface area contributed by atoms with E-state index in [1.807, 2.05) is 19.9 Å². The molecule has 0 saturated heterocycles. The summed E-state index contributed by atoms with van der Waals surface area (Å²) >= 11 is 5.92. The SMILES string of the molecule is CC(C)c1cc2c(cc1Cc1cccc(Cl)c1F)c(=O)c(OC(=O)O)cn2[C@@H](C)CO. The van der Waals surface area contributed by atoms with Crippen molar-refractivity contribution < 1.29 is 24.1 Å². The van der Waals surface area contributed by atoms with Crippen LogP contribution in [0.25, 0.3) is 10.9 Å². The van der Waals surface area contributed by atoms with Crippen LogP contribution in [0.3, 0.4) is 0 Å². The molecular formula is C23H23ClFNO5. The second kappa shape index (κ2) is 9.08. The molecule has 3 rings (SSSR count). The van der Waals surface area contributed by atoms with Gasteiger partial charge in [0.25, 0.3) is 0 Å². The fraction of sp³-hybridized carbons (Fsp3) is 0.304. The Bertz CT molecular complexity index is 1200. The van der Waals surface area contributed by atoms with Gasteiger partial charge in [-0.05, 0) is 47.7 Å². The lowest BCUT2D eigenvalue weighted by Gasteiger charge is -2.21. The zero-order valence-corrected chi connectivity index (χ0v) is 18.1. The number of pyridine rings is 1. The largest absolute Gasteiger partial charge is 0.511 e. The number of ether oxygens (including phenoxy) is 1. The topological polar surface area (TPSA) is 88.8 Å². The Hall–Kier alpha value is -2.90. The fourth-order valence-corrected chi connectivity index (χ4v) is 3.83. The average Bonchev–Trinajstić information content (AvgIpc) is 2.72. The third-order valence-corrected chi connectivity index (χ3v) is 5.52. The molecule has 0 saturated carbocycles. The van der Waals surface area contributed by atoms with Crippen LogP contribution in [0.4, 0.5) is 9.18 Å². The number of carbonyl (C=O) groups is 1. The second-order valence-corrected chi connectivity index (χ2v) is 8.15. The van der Waals surface area contributed by atoms with Crippen molar-refractivity contribution in [1.29, 1.82) is 0 Å². The molecule has 2 aromatic carbocycles. The Morgan fingerprint density at radius 3 is 2.55 bits per heavy atom. The van der Waals surface area contributed by atoms with Crippen LogP contribution in [0.1, 0.15) is 49.4 Å². The van der Waals surface area contributed by atoms with E-state index in [1.165, 1.54) is 12.3 Å². The van der Waals surface area contributed by atoms with E-state index in [9.17, 15) is 19.1 Å². The number of nitrogens with zero attached hydrogens (tertiary/aromatic N) is 1. The highest BCUT2D eigenvalue weighted by molar-refractivity contribution is 6.30. The highest BCUT2D eigenvalue weighted by atomic mass is 35.5. The van der Waals surface area contributed by atoms with E-state index in [4.69, 9.17) is 16.7 Å². The summed E-state index contributed by atoms with van der Waals surface area (Å²) < 4.78 is 20.8. The second-order valence-electron chi connectivity index (χ2n) is 7.74. The third kappa shape index (κ3) is 4.57. The van der Waals surface area contributed by atoms with Crippen molar-refractivity contribution >= 4 is 28.7 Å². The van der Waals surface area contributed by atoms with Gasteiger partial charge in [-0.1, -0.05) is 37.6 Å². The number of carboxylic acid groups (broad SMARTS) is 1. The number of hydrogen-bond acceptors (Lipinski definition) is 4. The van der Waals surface area contributed by atoms with Crippen molar-refractivity contribution in [3.05, 3.63) is 74.3 Å². The van der Waals surface area contributed by atoms with Gasteiger partial charge in [0.2, 0.25) is 5.43 Å². The Balaban J connectivity index is 2.31. The lowest BCUT2D eigenvalue weighted by Crippen LogP contribution is -2.20. The van der Waals surface area contributed by atoms with Crippen molar-refractivity contribution in [1.82, 2.24) is 4.57 Å². The predicted octanol–water partition coefficient (Wildman–Crippen LogP) is 5.12. The van der Waals surface area contributed by atoms with Crippen LogP contribution < -0.4 is 10.2 Å². The number of aliphatic hydroxyl groups excluding tert-OH is 1. The zero-order chi connectivity index (χ0) is 22.9. The van der Waals surface area contributed by atoms with Crippen LogP contribution in [0.15, 0.2) is 41.3 Å². The van der Waals surface area contributed by atoms with Crippen molar-refractivity contribution in [3.63, 3.8) is 0 Å². The molecule has 0 spiro atoms. The maximum atomic E-state index is 14.5. The zero-order valence-electron chi connectivity index (χ0n) is 17.4. The molecule has 1 heterocycles. The van der Waals surface area contributed by atoms with Gasteiger partial charge < -0.3 is 19.5 Å². The summed E-state index contributed by atoms with van der Waals surface area (Å²) in [5.74, 6) is -0.824. The summed E-state index contributed by atoms with van der Waals surface area (Å²) in [6, 6.07) is 7.79. The highest BCUT2D eigenvalue weighted by Crippen LogP contribution is 2.30. The van der Waals surface area contributed by atoms with Gasteiger partial charge in [0.15, 0.2) is 5.75 Å². The van der Waals surface area contributed by atoms with E-state index >= 15 is 0 Å². The van der Waals surface area contributed by atoms with Gasteiger partial charge in [0, 0.05) is 11.8 Å². The molecule has 8 heteroatoms. The quantitative estimate of drug-likeness (QED) is 0.512. The molecule has 0 aliphatic rings. The summed E-state index contributed by atoms with van der Waals surface area (Å²) in [5, 5.41) is 18.9. The third-order valence-electron chi connectivity index (χ3n) is 5.23.